The molecular formula is C32H34F4N4O4S. The number of hydrogen-bond donors (Lipinski definition) is 1. The number of benzene rings is 2. The number of carbonyl (C=O) groups is 1. The number of sulfonamides is 1. The van der Waals surface area contributed by atoms with Gasteiger partial charge in [0.15, 0.2) is 0 Å². The largest absolute Gasteiger partial charge is 0.573 e. The van der Waals surface area contributed by atoms with Crippen LogP contribution in [-0.2, 0) is 21.4 Å². The highest BCUT2D eigenvalue weighted by molar-refractivity contribution is 7.89. The second-order valence-electron chi connectivity index (χ2n) is 11.1. The van der Waals surface area contributed by atoms with Gasteiger partial charge in [-0.3, -0.25) is 4.79 Å². The summed E-state index contributed by atoms with van der Waals surface area (Å²) in [6.45, 7) is 3.53. The first-order valence-corrected chi connectivity index (χ1v) is 16.3. The molecule has 0 unspecified atom stereocenters. The number of halogens is 4. The number of pyridine rings is 1. The average Bonchev–Trinajstić information content (AvgIpc) is 3.59. The lowest BCUT2D eigenvalue weighted by Crippen LogP contribution is -2.52. The van der Waals surface area contributed by atoms with Crippen molar-refractivity contribution in [3.8, 4) is 17.0 Å². The predicted octanol–water partition coefficient (Wildman–Crippen LogP) is 5.90. The molecule has 2 aliphatic rings. The van der Waals surface area contributed by atoms with Gasteiger partial charge in [-0.1, -0.05) is 31.2 Å². The van der Waals surface area contributed by atoms with Crippen LogP contribution in [0.3, 0.4) is 0 Å². The molecule has 0 bridgehead atoms. The third kappa shape index (κ3) is 8.01. The number of nitrogens with zero attached hydrogens (tertiary/aromatic N) is 3. The van der Waals surface area contributed by atoms with Crippen molar-refractivity contribution in [2.24, 2.45) is 0 Å². The first kappa shape index (κ1) is 32.4. The molecule has 1 aliphatic carbocycles. The van der Waals surface area contributed by atoms with Gasteiger partial charge in [-0.15, -0.1) is 13.2 Å². The maximum absolute atomic E-state index is 13.5. The topological polar surface area (TPSA) is 91.8 Å². The molecule has 2 aromatic carbocycles. The van der Waals surface area contributed by atoms with Crippen molar-refractivity contribution in [1.82, 2.24) is 14.6 Å². The van der Waals surface area contributed by atoms with E-state index in [1.165, 1.54) is 46.8 Å². The molecule has 1 aliphatic heterocycles. The molecule has 1 saturated heterocycles. The summed E-state index contributed by atoms with van der Waals surface area (Å²) >= 11 is 0. The number of anilines is 1. The van der Waals surface area contributed by atoms with Gasteiger partial charge in [0.25, 0.3) is 0 Å². The van der Waals surface area contributed by atoms with Crippen molar-refractivity contribution in [3.05, 3.63) is 83.7 Å². The number of hydrogen-bond acceptors (Lipinski definition) is 6. The summed E-state index contributed by atoms with van der Waals surface area (Å²) in [7, 11) is -3.84. The number of nitrogens with one attached hydrogen (secondary N) is 1. The van der Waals surface area contributed by atoms with Gasteiger partial charge in [0.1, 0.15) is 22.9 Å². The molecule has 13 heteroatoms. The Morgan fingerprint density at radius 3 is 2.33 bits per heavy atom. The van der Waals surface area contributed by atoms with Crippen molar-refractivity contribution in [2.75, 3.05) is 30.3 Å². The van der Waals surface area contributed by atoms with E-state index in [-0.39, 0.29) is 30.4 Å². The normalized spacial score (nSPS) is 16.4. The number of aromatic nitrogens is 1. The van der Waals surface area contributed by atoms with Gasteiger partial charge in [-0.05, 0) is 85.3 Å². The number of likely N-dealkylation sites (N-methyl/N-ethyl adjacent to an activating group) is 1. The summed E-state index contributed by atoms with van der Waals surface area (Å²) in [5.74, 6) is -0.748. The molecule has 8 nitrogen and oxygen atoms in total. The zero-order valence-electron chi connectivity index (χ0n) is 24.7. The highest BCUT2D eigenvalue weighted by Gasteiger charge is 2.57. The van der Waals surface area contributed by atoms with Gasteiger partial charge in [0, 0.05) is 31.7 Å². The Labute approximate surface area is 259 Å². The summed E-state index contributed by atoms with van der Waals surface area (Å²) in [5.41, 5.74) is 1.29. The van der Waals surface area contributed by atoms with Crippen LogP contribution in [0.25, 0.3) is 17.3 Å². The van der Waals surface area contributed by atoms with Gasteiger partial charge in [0.05, 0.1) is 11.4 Å². The van der Waals surface area contributed by atoms with Gasteiger partial charge < -0.3 is 15.0 Å². The summed E-state index contributed by atoms with van der Waals surface area (Å²) in [4.78, 5) is 20.4. The van der Waals surface area contributed by atoms with Crippen LogP contribution in [0.4, 0.5) is 23.4 Å². The SMILES string of the molecule is CCN(C1(C(=O)NCc2cc(-c3ccc(OC(F)(F)F)cc3)nc(N3CCCC3)c2)CC1)S(=O)(=O)CC=Cc1ccc(F)cc1. The molecule has 0 radical (unpaired) electrons. The molecule has 1 amide bonds. The Morgan fingerprint density at radius 2 is 1.73 bits per heavy atom. The first-order valence-electron chi connectivity index (χ1n) is 14.7. The maximum Gasteiger partial charge on any atom is 0.573 e. The quantitative estimate of drug-likeness (QED) is 0.247. The van der Waals surface area contributed by atoms with Crippen LogP contribution >= 0.6 is 0 Å². The lowest BCUT2D eigenvalue weighted by Gasteiger charge is -2.29. The van der Waals surface area contributed by atoms with Crippen molar-refractivity contribution in [2.45, 2.75) is 51.1 Å². The highest BCUT2D eigenvalue weighted by Crippen LogP contribution is 2.44. The number of rotatable bonds is 12. The molecule has 3 aromatic rings. The fourth-order valence-corrected chi connectivity index (χ4v) is 7.26. The van der Waals surface area contributed by atoms with Crippen molar-refractivity contribution in [3.63, 3.8) is 0 Å². The van der Waals surface area contributed by atoms with Crippen LogP contribution < -0.4 is 15.0 Å². The Bertz CT molecular complexity index is 1640. The molecule has 2 heterocycles. The Kier molecular flexibility index (Phi) is 9.49. The molecular weight excluding hydrogens is 612 g/mol. The van der Waals surface area contributed by atoms with E-state index in [4.69, 9.17) is 4.98 Å². The first-order chi connectivity index (χ1) is 21.4. The minimum absolute atomic E-state index is 0.105. The van der Waals surface area contributed by atoms with Crippen LogP contribution in [0, 0.1) is 5.82 Å². The fraction of sp³-hybridized carbons (Fsp3) is 0.375. The molecule has 1 saturated carbocycles. The number of alkyl halides is 3. The van der Waals surface area contributed by atoms with Crippen molar-refractivity contribution >= 4 is 27.8 Å². The van der Waals surface area contributed by atoms with Crippen LogP contribution in [0.2, 0.25) is 0 Å². The van der Waals surface area contributed by atoms with E-state index in [1.807, 2.05) is 6.07 Å². The molecule has 0 spiro atoms. The van der Waals surface area contributed by atoms with Crippen LogP contribution in [0.5, 0.6) is 5.75 Å². The van der Waals surface area contributed by atoms with Crippen molar-refractivity contribution < 1.29 is 35.5 Å². The van der Waals surface area contributed by atoms with E-state index in [1.54, 1.807) is 31.2 Å². The highest BCUT2D eigenvalue weighted by atomic mass is 32.2. The minimum Gasteiger partial charge on any atom is -0.406 e. The van der Waals surface area contributed by atoms with E-state index in [9.17, 15) is 30.8 Å². The lowest BCUT2D eigenvalue weighted by molar-refractivity contribution is -0.274. The van der Waals surface area contributed by atoms with Gasteiger partial charge in [0.2, 0.25) is 15.9 Å². The molecule has 5 rings (SSSR count). The molecule has 45 heavy (non-hydrogen) atoms. The summed E-state index contributed by atoms with van der Waals surface area (Å²) in [6, 6.07) is 14.7. The molecule has 2 fully saturated rings. The number of ether oxygens (including phenoxy) is 1. The fourth-order valence-electron chi connectivity index (χ4n) is 5.55. The standard InChI is InChI=1S/C32H34F4N4O4S/c1-2-40(45(42,43)19-5-6-23-7-11-26(33)12-8-23)31(15-16-31)30(41)37-22-24-20-28(38-29(21-24)39-17-3-4-18-39)25-9-13-27(14-10-25)44-32(34,35)36/h5-14,20-21H,2-4,15-19,22H2,1H3,(H,37,41). The third-order valence-electron chi connectivity index (χ3n) is 7.87. The lowest BCUT2D eigenvalue weighted by atomic mass is 10.1. The number of amides is 1. The summed E-state index contributed by atoms with van der Waals surface area (Å²) in [5, 5.41) is 2.92. The van der Waals surface area contributed by atoms with E-state index in [2.05, 4.69) is 15.0 Å². The van der Waals surface area contributed by atoms with Gasteiger partial charge in [-0.2, -0.15) is 4.31 Å². The van der Waals surface area contributed by atoms with E-state index < -0.39 is 27.8 Å². The van der Waals surface area contributed by atoms with Crippen LogP contribution in [-0.4, -0.2) is 60.9 Å². The van der Waals surface area contributed by atoms with Crippen molar-refractivity contribution in [1.29, 1.82) is 0 Å². The Balaban J connectivity index is 1.31. The van der Waals surface area contributed by atoms with E-state index in [0.29, 0.717) is 35.5 Å². The van der Waals surface area contributed by atoms with Crippen LogP contribution in [0.1, 0.15) is 43.7 Å². The molecule has 1 N–H and O–H groups in total. The predicted molar refractivity (Wildman–Crippen MR) is 163 cm³/mol. The Morgan fingerprint density at radius 1 is 1.07 bits per heavy atom. The summed E-state index contributed by atoms with van der Waals surface area (Å²) in [6.07, 6.45) is 1.07. The summed E-state index contributed by atoms with van der Waals surface area (Å²) < 4.78 is 82.9. The minimum atomic E-state index is -4.80. The van der Waals surface area contributed by atoms with E-state index in [0.717, 1.165) is 31.5 Å². The van der Waals surface area contributed by atoms with Gasteiger partial charge in [-0.25, -0.2) is 17.8 Å². The Hall–Kier alpha value is -3.97. The maximum atomic E-state index is 13.5. The zero-order chi connectivity index (χ0) is 32.2. The molecule has 240 valence electrons. The second kappa shape index (κ2) is 13.2. The molecule has 1 aromatic heterocycles. The number of carbonyl (C=O) groups excluding carboxylic acids is 1. The second-order valence-corrected chi connectivity index (χ2v) is 13.0. The zero-order valence-corrected chi connectivity index (χ0v) is 25.5. The van der Waals surface area contributed by atoms with Gasteiger partial charge >= 0.3 is 6.36 Å². The van der Waals surface area contributed by atoms with Crippen LogP contribution in [0.15, 0.2) is 66.7 Å². The molecule has 0 atom stereocenters. The van der Waals surface area contributed by atoms with E-state index >= 15 is 0 Å². The smallest absolute Gasteiger partial charge is 0.406 e. The average molecular weight is 647 g/mol. The third-order valence-corrected chi connectivity index (χ3v) is 9.77. The monoisotopic (exact) mass is 646 g/mol.